The minimum absolute atomic E-state index is 0.0171. The van der Waals surface area contributed by atoms with Gasteiger partial charge in [0.1, 0.15) is 0 Å². The van der Waals surface area contributed by atoms with Gasteiger partial charge in [-0.2, -0.15) is 0 Å². The number of benzene rings is 1. The molecule has 1 aliphatic rings. The van der Waals surface area contributed by atoms with Gasteiger partial charge in [-0.05, 0) is 42.9 Å². The zero-order valence-corrected chi connectivity index (χ0v) is 14.6. The molecular formula is C18H18N2OS2. The summed E-state index contributed by atoms with van der Waals surface area (Å²) in [5.74, 6) is 0.762. The normalized spacial score (nSPS) is 17.2. The Morgan fingerprint density at radius 3 is 3.09 bits per heavy atom. The van der Waals surface area contributed by atoms with Gasteiger partial charge in [0.15, 0.2) is 5.13 Å². The van der Waals surface area contributed by atoms with Crippen molar-refractivity contribution in [1.29, 1.82) is 0 Å². The number of rotatable bonds is 3. The van der Waals surface area contributed by atoms with Crippen LogP contribution in [0.1, 0.15) is 40.6 Å². The summed E-state index contributed by atoms with van der Waals surface area (Å²) in [5, 5.41) is 5.68. The summed E-state index contributed by atoms with van der Waals surface area (Å²) in [7, 11) is 0. The minimum Gasteiger partial charge on any atom is -0.298 e. The Morgan fingerprint density at radius 1 is 1.39 bits per heavy atom. The summed E-state index contributed by atoms with van der Waals surface area (Å²) >= 11 is 3.26. The smallest absolute Gasteiger partial charge is 0.258 e. The number of thiazole rings is 1. The van der Waals surface area contributed by atoms with Gasteiger partial charge in [0.05, 0.1) is 15.8 Å². The predicted octanol–water partition coefficient (Wildman–Crippen LogP) is 5.13. The van der Waals surface area contributed by atoms with Gasteiger partial charge in [-0.25, -0.2) is 4.98 Å². The van der Waals surface area contributed by atoms with E-state index in [0.29, 0.717) is 5.13 Å². The molecule has 23 heavy (non-hydrogen) atoms. The minimum atomic E-state index is -0.0171. The quantitative estimate of drug-likeness (QED) is 0.717. The maximum Gasteiger partial charge on any atom is 0.258 e. The van der Waals surface area contributed by atoms with Crippen molar-refractivity contribution in [3.05, 3.63) is 45.6 Å². The average molecular weight is 342 g/mol. The molecule has 0 saturated heterocycles. The third-order valence-electron chi connectivity index (χ3n) is 4.59. The monoisotopic (exact) mass is 342 g/mol. The summed E-state index contributed by atoms with van der Waals surface area (Å²) in [6.45, 7) is 2.25. The first-order valence-corrected chi connectivity index (χ1v) is 9.70. The lowest BCUT2D eigenvalue weighted by Gasteiger charge is -2.21. The Morgan fingerprint density at radius 2 is 2.26 bits per heavy atom. The van der Waals surface area contributed by atoms with Crippen molar-refractivity contribution in [3.63, 3.8) is 0 Å². The fourth-order valence-corrected chi connectivity index (χ4v) is 5.27. The van der Waals surface area contributed by atoms with E-state index in [4.69, 9.17) is 0 Å². The van der Waals surface area contributed by atoms with Crippen LogP contribution in [0.25, 0.3) is 10.2 Å². The highest BCUT2D eigenvalue weighted by Crippen LogP contribution is 2.35. The second-order valence-electron chi connectivity index (χ2n) is 6.01. The molecular weight excluding hydrogens is 324 g/mol. The van der Waals surface area contributed by atoms with Gasteiger partial charge in [-0.1, -0.05) is 36.8 Å². The lowest BCUT2D eigenvalue weighted by molar-refractivity contribution is 0.102. The molecule has 4 rings (SSSR count). The van der Waals surface area contributed by atoms with Crippen LogP contribution in [0.3, 0.4) is 0 Å². The van der Waals surface area contributed by atoms with E-state index in [1.165, 1.54) is 34.6 Å². The van der Waals surface area contributed by atoms with E-state index >= 15 is 0 Å². The summed E-state index contributed by atoms with van der Waals surface area (Å²) in [5.41, 5.74) is 3.04. The number of nitrogens with one attached hydrogen (secondary N) is 1. The molecule has 5 heteroatoms. The van der Waals surface area contributed by atoms with Gasteiger partial charge in [-0.15, -0.1) is 11.3 Å². The second kappa shape index (κ2) is 6.06. The summed E-state index contributed by atoms with van der Waals surface area (Å²) in [6.07, 6.45) is 4.58. The molecule has 3 aromatic rings. The van der Waals surface area contributed by atoms with Crippen LogP contribution in [0, 0.1) is 5.92 Å². The van der Waals surface area contributed by atoms with E-state index in [1.54, 1.807) is 11.3 Å². The molecule has 1 aromatic carbocycles. The van der Waals surface area contributed by atoms with Crippen molar-refractivity contribution in [2.45, 2.75) is 32.6 Å². The van der Waals surface area contributed by atoms with Gasteiger partial charge in [0, 0.05) is 10.3 Å². The number of fused-ring (bicyclic) bond motifs is 2. The van der Waals surface area contributed by atoms with Crippen molar-refractivity contribution in [1.82, 2.24) is 4.98 Å². The number of hydrogen-bond donors (Lipinski definition) is 1. The second-order valence-corrected chi connectivity index (χ2v) is 8.00. The van der Waals surface area contributed by atoms with E-state index in [9.17, 15) is 4.79 Å². The van der Waals surface area contributed by atoms with Crippen molar-refractivity contribution >= 4 is 43.9 Å². The number of thiophene rings is 1. The fourth-order valence-electron chi connectivity index (χ4n) is 3.21. The highest BCUT2D eigenvalue weighted by Gasteiger charge is 2.24. The van der Waals surface area contributed by atoms with Gasteiger partial charge in [0.25, 0.3) is 5.91 Å². The van der Waals surface area contributed by atoms with Gasteiger partial charge < -0.3 is 0 Å². The van der Waals surface area contributed by atoms with Gasteiger partial charge in [-0.3, -0.25) is 10.1 Å². The van der Waals surface area contributed by atoms with Crippen molar-refractivity contribution in [2.75, 3.05) is 5.32 Å². The molecule has 118 valence electrons. The number of para-hydroxylation sites is 1. The maximum absolute atomic E-state index is 12.6. The van der Waals surface area contributed by atoms with E-state index in [2.05, 4.69) is 17.2 Å². The lowest BCUT2D eigenvalue weighted by atomic mass is 9.86. The molecule has 0 fully saturated rings. The van der Waals surface area contributed by atoms with Crippen LogP contribution < -0.4 is 5.32 Å². The molecule has 0 bridgehead atoms. The lowest BCUT2D eigenvalue weighted by Crippen LogP contribution is -2.17. The van der Waals surface area contributed by atoms with E-state index in [0.717, 1.165) is 34.5 Å². The molecule has 2 aromatic heterocycles. The van der Waals surface area contributed by atoms with Gasteiger partial charge in [0.2, 0.25) is 0 Å². The number of carbonyl (C=O) groups is 1. The average Bonchev–Trinajstić information content (AvgIpc) is 3.17. The molecule has 1 N–H and O–H groups in total. The van der Waals surface area contributed by atoms with E-state index in [-0.39, 0.29) is 5.91 Å². The van der Waals surface area contributed by atoms with Crippen LogP contribution in [-0.2, 0) is 12.8 Å². The van der Waals surface area contributed by atoms with Crippen LogP contribution in [0.15, 0.2) is 29.6 Å². The van der Waals surface area contributed by atoms with Crippen LogP contribution in [0.4, 0.5) is 5.13 Å². The molecule has 0 saturated carbocycles. The Bertz CT molecular complexity index is 832. The molecule has 3 nitrogen and oxygen atoms in total. The van der Waals surface area contributed by atoms with E-state index in [1.807, 2.05) is 29.6 Å². The summed E-state index contributed by atoms with van der Waals surface area (Å²) < 4.78 is 1.10. The molecule has 1 amide bonds. The zero-order chi connectivity index (χ0) is 15.8. The van der Waals surface area contributed by atoms with Crippen molar-refractivity contribution < 1.29 is 4.79 Å². The van der Waals surface area contributed by atoms with Crippen LogP contribution >= 0.6 is 22.7 Å². The molecule has 0 spiro atoms. The molecule has 1 atom stereocenters. The van der Waals surface area contributed by atoms with E-state index < -0.39 is 0 Å². The zero-order valence-electron chi connectivity index (χ0n) is 13.0. The number of aromatic nitrogens is 1. The van der Waals surface area contributed by atoms with Crippen LogP contribution in [0.5, 0.6) is 0 Å². The fraction of sp³-hybridized carbons (Fsp3) is 0.333. The predicted molar refractivity (Wildman–Crippen MR) is 97.7 cm³/mol. The standard InChI is InChI=1S/C18H18N2OS2/c1-2-11-7-8-12-13(10-22-16(12)9-11)17(21)20-18-19-14-5-3-4-6-15(14)23-18/h3-6,10-11H,2,7-9H2,1H3,(H,19,20,21). The maximum atomic E-state index is 12.6. The molecule has 0 aliphatic heterocycles. The summed E-state index contributed by atoms with van der Waals surface area (Å²) in [6, 6.07) is 7.96. The Labute approximate surface area is 143 Å². The third kappa shape index (κ3) is 2.79. The highest BCUT2D eigenvalue weighted by molar-refractivity contribution is 7.22. The topological polar surface area (TPSA) is 42.0 Å². The first-order valence-electron chi connectivity index (χ1n) is 8.00. The molecule has 1 unspecified atom stereocenters. The number of amides is 1. The SMILES string of the molecule is CCC1CCc2c(C(=O)Nc3nc4ccccc4s3)csc2C1. The number of hydrogen-bond acceptors (Lipinski definition) is 4. The Balaban J connectivity index is 1.57. The highest BCUT2D eigenvalue weighted by atomic mass is 32.1. The Kier molecular flexibility index (Phi) is 3.91. The van der Waals surface area contributed by atoms with Crippen molar-refractivity contribution in [2.24, 2.45) is 5.92 Å². The molecule has 0 radical (unpaired) electrons. The number of carbonyl (C=O) groups excluding carboxylic acids is 1. The molecule has 1 aliphatic carbocycles. The van der Waals surface area contributed by atoms with Crippen LogP contribution in [-0.4, -0.2) is 10.9 Å². The van der Waals surface area contributed by atoms with Crippen LogP contribution in [0.2, 0.25) is 0 Å². The molecule has 2 heterocycles. The first kappa shape index (κ1) is 14.8. The van der Waals surface area contributed by atoms with Gasteiger partial charge >= 0.3 is 0 Å². The number of anilines is 1. The Hall–Kier alpha value is -1.72. The largest absolute Gasteiger partial charge is 0.298 e. The first-order chi connectivity index (χ1) is 11.2. The van der Waals surface area contributed by atoms with Crippen molar-refractivity contribution in [3.8, 4) is 0 Å². The third-order valence-corrected chi connectivity index (χ3v) is 6.60. The number of nitrogens with zero attached hydrogens (tertiary/aromatic N) is 1. The summed E-state index contributed by atoms with van der Waals surface area (Å²) in [4.78, 5) is 18.5.